The highest BCUT2D eigenvalue weighted by molar-refractivity contribution is 5.73. The number of amides is 1. The molecule has 0 unspecified atom stereocenters. The highest BCUT2D eigenvalue weighted by Crippen LogP contribution is 2.34. The summed E-state index contributed by atoms with van der Waals surface area (Å²) in [6.45, 7) is 15.4. The molecular weight excluding hydrogens is 234 g/mol. The van der Waals surface area contributed by atoms with Crippen molar-refractivity contribution in [3.63, 3.8) is 0 Å². The van der Waals surface area contributed by atoms with Gasteiger partial charge in [0.25, 0.3) is 0 Å². The minimum Gasteiger partial charge on any atom is -0.354 e. The van der Waals surface area contributed by atoms with Crippen LogP contribution in [0.25, 0.3) is 0 Å². The second-order valence-electron chi connectivity index (χ2n) is 7.63. The summed E-state index contributed by atoms with van der Waals surface area (Å²) in [5.74, 6) is 0.101. The lowest BCUT2D eigenvalue weighted by molar-refractivity contribution is -0.120. The van der Waals surface area contributed by atoms with E-state index in [1.807, 2.05) is 0 Å². The molecule has 19 heavy (non-hydrogen) atoms. The van der Waals surface area contributed by atoms with Crippen LogP contribution >= 0.6 is 0 Å². The maximum Gasteiger partial charge on any atom is 0.217 e. The molecule has 2 heteroatoms. The van der Waals surface area contributed by atoms with E-state index in [1.54, 1.807) is 6.92 Å². The molecule has 0 rings (SSSR count). The molecule has 0 aromatic rings. The van der Waals surface area contributed by atoms with E-state index in [-0.39, 0.29) is 5.91 Å². The zero-order chi connectivity index (χ0) is 15.1. The highest BCUT2D eigenvalue weighted by Gasteiger charge is 2.28. The van der Waals surface area contributed by atoms with Crippen molar-refractivity contribution in [3.8, 4) is 0 Å². The Morgan fingerprint density at radius 3 is 1.58 bits per heavy atom. The Morgan fingerprint density at radius 2 is 1.32 bits per heavy atom. The zero-order valence-electron chi connectivity index (χ0n) is 14.2. The normalized spacial score (nSPS) is 12.8. The lowest BCUT2D eigenvalue weighted by Gasteiger charge is -2.35. The van der Waals surface area contributed by atoms with E-state index < -0.39 is 0 Å². The van der Waals surface area contributed by atoms with E-state index >= 15 is 0 Å². The van der Waals surface area contributed by atoms with E-state index in [0.29, 0.717) is 16.9 Å². The summed E-state index contributed by atoms with van der Waals surface area (Å²) in [5.41, 5.74) is 0.619. The van der Waals surface area contributed by atoms with E-state index in [9.17, 15) is 4.79 Å². The molecule has 0 aliphatic rings. The molecule has 0 aliphatic carbocycles. The third-order valence-electron chi connectivity index (χ3n) is 3.86. The summed E-state index contributed by atoms with van der Waals surface area (Å²) in [7, 11) is 0. The van der Waals surface area contributed by atoms with E-state index in [2.05, 4.69) is 46.9 Å². The van der Waals surface area contributed by atoms with Gasteiger partial charge in [0, 0.05) is 13.0 Å². The van der Waals surface area contributed by atoms with Gasteiger partial charge in [-0.25, -0.2) is 0 Å². The number of nitrogens with one attached hydrogen (secondary N) is 1. The number of hydrogen-bond acceptors (Lipinski definition) is 1. The molecule has 0 aromatic carbocycles. The highest BCUT2D eigenvalue weighted by atomic mass is 16.1. The van der Waals surface area contributed by atoms with Gasteiger partial charge in [-0.05, 0) is 36.5 Å². The molecule has 0 radical (unpaired) electrons. The summed E-state index contributed by atoms with van der Waals surface area (Å²) in [6, 6.07) is 0.306. The molecule has 0 aromatic heterocycles. The van der Waals surface area contributed by atoms with Gasteiger partial charge in [-0.2, -0.15) is 0 Å². The largest absolute Gasteiger partial charge is 0.354 e. The quantitative estimate of drug-likeness (QED) is 0.632. The van der Waals surface area contributed by atoms with E-state index in [1.165, 1.54) is 25.7 Å². The van der Waals surface area contributed by atoms with Crippen LogP contribution in [0, 0.1) is 10.8 Å². The van der Waals surface area contributed by atoms with Crippen LogP contribution in [0.1, 0.15) is 87.0 Å². The number of carbonyl (C=O) groups excluding carboxylic acids is 1. The monoisotopic (exact) mass is 269 g/mol. The molecule has 0 atom stereocenters. The fourth-order valence-corrected chi connectivity index (χ4v) is 3.35. The summed E-state index contributed by atoms with van der Waals surface area (Å²) < 4.78 is 0. The summed E-state index contributed by atoms with van der Waals surface area (Å²) in [6.07, 6.45) is 7.01. The van der Waals surface area contributed by atoms with Crippen LogP contribution in [0.4, 0.5) is 0 Å². The van der Waals surface area contributed by atoms with Gasteiger partial charge in [0.1, 0.15) is 0 Å². The first kappa shape index (κ1) is 18.5. The lowest BCUT2D eigenvalue weighted by Crippen LogP contribution is -2.39. The van der Waals surface area contributed by atoms with Crippen LogP contribution in [0.3, 0.4) is 0 Å². The molecular formula is C17H35NO. The number of hydrogen-bond donors (Lipinski definition) is 1. The standard InChI is InChI=1S/C17H35NO/c1-8-10-16(4,5)12-15(18-14(3)19)13-17(6,7)11-9-2/h15H,8-13H2,1-7H3,(H,18,19). The third kappa shape index (κ3) is 9.07. The van der Waals surface area contributed by atoms with Gasteiger partial charge in [-0.3, -0.25) is 4.79 Å². The van der Waals surface area contributed by atoms with Crippen molar-refractivity contribution in [2.45, 2.75) is 93.0 Å². The predicted octanol–water partition coefficient (Wildman–Crippen LogP) is 4.92. The van der Waals surface area contributed by atoms with Crippen molar-refractivity contribution in [1.82, 2.24) is 5.32 Å². The Balaban J connectivity index is 4.67. The Labute approximate surface area is 120 Å². The second kappa shape index (κ2) is 7.91. The van der Waals surface area contributed by atoms with E-state index in [4.69, 9.17) is 0 Å². The molecule has 1 amide bonds. The molecule has 0 aliphatic heterocycles. The fourth-order valence-electron chi connectivity index (χ4n) is 3.35. The predicted molar refractivity (Wildman–Crippen MR) is 84.2 cm³/mol. The molecule has 1 N–H and O–H groups in total. The molecule has 0 fully saturated rings. The smallest absolute Gasteiger partial charge is 0.217 e. The Bertz CT molecular complexity index is 248. The van der Waals surface area contributed by atoms with Crippen molar-refractivity contribution in [3.05, 3.63) is 0 Å². The Kier molecular flexibility index (Phi) is 7.69. The van der Waals surface area contributed by atoms with E-state index in [0.717, 1.165) is 12.8 Å². The van der Waals surface area contributed by atoms with Crippen molar-refractivity contribution in [1.29, 1.82) is 0 Å². The van der Waals surface area contributed by atoms with Crippen LogP contribution in [-0.2, 0) is 4.79 Å². The van der Waals surface area contributed by atoms with Gasteiger partial charge in [0.2, 0.25) is 5.91 Å². The van der Waals surface area contributed by atoms with Crippen molar-refractivity contribution in [2.24, 2.45) is 10.8 Å². The van der Waals surface area contributed by atoms with Gasteiger partial charge in [-0.1, -0.05) is 54.4 Å². The van der Waals surface area contributed by atoms with Crippen LogP contribution in [0.5, 0.6) is 0 Å². The SMILES string of the molecule is CCCC(C)(C)CC(CC(C)(C)CCC)NC(C)=O. The first-order valence-electron chi connectivity index (χ1n) is 7.89. The van der Waals surface area contributed by atoms with Crippen molar-refractivity contribution < 1.29 is 4.79 Å². The minimum absolute atomic E-state index is 0.101. The molecule has 0 bridgehead atoms. The van der Waals surface area contributed by atoms with Gasteiger partial charge < -0.3 is 5.32 Å². The maximum absolute atomic E-state index is 11.4. The van der Waals surface area contributed by atoms with Crippen LogP contribution < -0.4 is 5.32 Å². The Hall–Kier alpha value is -0.530. The number of rotatable bonds is 9. The molecule has 2 nitrogen and oxygen atoms in total. The molecule has 0 saturated carbocycles. The van der Waals surface area contributed by atoms with Gasteiger partial charge in [-0.15, -0.1) is 0 Å². The lowest BCUT2D eigenvalue weighted by atomic mass is 9.75. The first-order valence-corrected chi connectivity index (χ1v) is 7.89. The Morgan fingerprint density at radius 1 is 0.947 bits per heavy atom. The second-order valence-corrected chi connectivity index (χ2v) is 7.63. The maximum atomic E-state index is 11.4. The molecule has 114 valence electrons. The van der Waals surface area contributed by atoms with Crippen molar-refractivity contribution >= 4 is 5.91 Å². The fraction of sp³-hybridized carbons (Fsp3) is 0.941. The van der Waals surface area contributed by atoms with Crippen LogP contribution in [0.2, 0.25) is 0 Å². The number of carbonyl (C=O) groups is 1. The van der Waals surface area contributed by atoms with Gasteiger partial charge in [0.15, 0.2) is 0 Å². The summed E-state index contributed by atoms with van der Waals surface area (Å²) in [4.78, 5) is 11.4. The van der Waals surface area contributed by atoms with Crippen LogP contribution in [0.15, 0.2) is 0 Å². The van der Waals surface area contributed by atoms with Gasteiger partial charge >= 0.3 is 0 Å². The zero-order valence-corrected chi connectivity index (χ0v) is 14.2. The molecule has 0 saturated heterocycles. The van der Waals surface area contributed by atoms with Crippen molar-refractivity contribution in [2.75, 3.05) is 0 Å². The topological polar surface area (TPSA) is 29.1 Å². The average Bonchev–Trinajstić information content (AvgIpc) is 2.13. The van der Waals surface area contributed by atoms with Gasteiger partial charge in [0.05, 0.1) is 0 Å². The summed E-state index contributed by atoms with van der Waals surface area (Å²) >= 11 is 0. The first-order chi connectivity index (χ1) is 8.62. The third-order valence-corrected chi connectivity index (χ3v) is 3.86. The summed E-state index contributed by atoms with van der Waals surface area (Å²) in [5, 5.41) is 3.17. The molecule has 0 heterocycles. The van der Waals surface area contributed by atoms with Crippen LogP contribution in [-0.4, -0.2) is 11.9 Å². The minimum atomic E-state index is 0.101. The average molecular weight is 269 g/mol. The molecule has 0 spiro atoms.